The van der Waals surface area contributed by atoms with Gasteiger partial charge in [-0.2, -0.15) is 0 Å². The second kappa shape index (κ2) is 6.06. The third-order valence-electron chi connectivity index (χ3n) is 3.05. The maximum absolute atomic E-state index is 11.7. The van der Waals surface area contributed by atoms with Crippen molar-refractivity contribution < 1.29 is 9.59 Å². The van der Waals surface area contributed by atoms with Gasteiger partial charge in [0.2, 0.25) is 5.91 Å². The molecule has 1 aliphatic rings. The van der Waals surface area contributed by atoms with Crippen LogP contribution in [0.2, 0.25) is 0 Å². The molecule has 98 valence electrons. The largest absolute Gasteiger partial charge is 0.316 e. The molecule has 1 aromatic rings. The van der Waals surface area contributed by atoms with Gasteiger partial charge in [-0.15, -0.1) is 11.3 Å². The molecule has 0 aromatic carbocycles. The lowest BCUT2D eigenvalue weighted by molar-refractivity contribution is -0.116. The Morgan fingerprint density at radius 1 is 1.61 bits per heavy atom. The van der Waals surface area contributed by atoms with Crippen LogP contribution in [-0.4, -0.2) is 29.8 Å². The smallest absolute Gasteiger partial charge is 0.226 e. The van der Waals surface area contributed by atoms with Crippen molar-refractivity contribution in [3.63, 3.8) is 0 Å². The number of aromatic nitrogens is 1. The first kappa shape index (κ1) is 13.2. The Morgan fingerprint density at radius 3 is 3.06 bits per heavy atom. The van der Waals surface area contributed by atoms with Gasteiger partial charge in [-0.3, -0.25) is 9.59 Å². The van der Waals surface area contributed by atoms with Gasteiger partial charge in [0.15, 0.2) is 10.9 Å². The van der Waals surface area contributed by atoms with Crippen LogP contribution >= 0.6 is 11.3 Å². The second-order valence-corrected chi connectivity index (χ2v) is 5.40. The number of carbonyl (C=O) groups excluding carboxylic acids is 2. The molecule has 2 heterocycles. The van der Waals surface area contributed by atoms with Crippen LogP contribution in [-0.2, 0) is 4.79 Å². The minimum absolute atomic E-state index is 0.0219. The molecule has 0 bridgehead atoms. The standard InChI is InChI=1S/C12H17N3O2S/c1-8(16)10-7-18-12(14-10)15-11(17)3-2-9-4-5-13-6-9/h7,9,13H,2-6H2,1H3,(H,14,15,17). The fourth-order valence-electron chi connectivity index (χ4n) is 1.97. The summed E-state index contributed by atoms with van der Waals surface area (Å²) in [5.74, 6) is 0.509. The van der Waals surface area contributed by atoms with Gasteiger partial charge >= 0.3 is 0 Å². The van der Waals surface area contributed by atoms with E-state index in [0.29, 0.717) is 23.2 Å². The van der Waals surface area contributed by atoms with Gasteiger partial charge in [0.05, 0.1) is 0 Å². The Morgan fingerprint density at radius 2 is 2.44 bits per heavy atom. The van der Waals surface area contributed by atoms with E-state index < -0.39 is 0 Å². The molecule has 1 unspecified atom stereocenters. The highest BCUT2D eigenvalue weighted by Gasteiger charge is 2.16. The number of hydrogen-bond donors (Lipinski definition) is 2. The van der Waals surface area contributed by atoms with Crippen LogP contribution in [0.3, 0.4) is 0 Å². The maximum Gasteiger partial charge on any atom is 0.226 e. The Balaban J connectivity index is 1.77. The van der Waals surface area contributed by atoms with Gasteiger partial charge in [-0.1, -0.05) is 0 Å². The number of hydrogen-bond acceptors (Lipinski definition) is 5. The lowest BCUT2D eigenvalue weighted by atomic mass is 10.0. The molecule has 18 heavy (non-hydrogen) atoms. The van der Waals surface area contributed by atoms with Crippen molar-refractivity contribution in [1.29, 1.82) is 0 Å². The van der Waals surface area contributed by atoms with E-state index >= 15 is 0 Å². The third-order valence-corrected chi connectivity index (χ3v) is 3.81. The predicted octanol–water partition coefficient (Wildman–Crippen LogP) is 1.67. The van der Waals surface area contributed by atoms with Gasteiger partial charge < -0.3 is 10.6 Å². The molecule has 0 aliphatic carbocycles. The number of amides is 1. The van der Waals surface area contributed by atoms with E-state index in [0.717, 1.165) is 25.9 Å². The van der Waals surface area contributed by atoms with E-state index in [1.54, 1.807) is 5.38 Å². The van der Waals surface area contributed by atoms with Gasteiger partial charge in [0, 0.05) is 18.7 Å². The van der Waals surface area contributed by atoms with Crippen LogP contribution in [0, 0.1) is 5.92 Å². The molecule has 1 atom stereocenters. The fraction of sp³-hybridized carbons (Fsp3) is 0.583. The summed E-state index contributed by atoms with van der Waals surface area (Å²) in [5.41, 5.74) is 0.412. The summed E-state index contributed by atoms with van der Waals surface area (Å²) >= 11 is 1.29. The van der Waals surface area contributed by atoms with Crippen molar-refractivity contribution in [3.8, 4) is 0 Å². The molecule has 1 aliphatic heterocycles. The van der Waals surface area contributed by atoms with Crippen molar-refractivity contribution in [2.45, 2.75) is 26.2 Å². The molecule has 2 N–H and O–H groups in total. The van der Waals surface area contributed by atoms with Crippen molar-refractivity contribution >= 4 is 28.2 Å². The minimum atomic E-state index is -0.0798. The second-order valence-electron chi connectivity index (χ2n) is 4.54. The number of rotatable bonds is 5. The molecule has 0 spiro atoms. The molecule has 1 aromatic heterocycles. The molecule has 1 amide bonds. The van der Waals surface area contributed by atoms with E-state index in [4.69, 9.17) is 0 Å². The lowest BCUT2D eigenvalue weighted by Gasteiger charge is -2.06. The molecule has 6 heteroatoms. The molecular weight excluding hydrogens is 250 g/mol. The monoisotopic (exact) mass is 267 g/mol. The van der Waals surface area contributed by atoms with Crippen molar-refractivity contribution in [2.75, 3.05) is 18.4 Å². The molecular formula is C12H17N3O2S. The van der Waals surface area contributed by atoms with E-state index in [1.165, 1.54) is 18.3 Å². The van der Waals surface area contributed by atoms with Gasteiger partial charge in [0.1, 0.15) is 5.69 Å². The quantitative estimate of drug-likeness (QED) is 0.796. The average Bonchev–Trinajstić information content (AvgIpc) is 2.96. The van der Waals surface area contributed by atoms with Gasteiger partial charge in [-0.05, 0) is 31.8 Å². The summed E-state index contributed by atoms with van der Waals surface area (Å²) in [7, 11) is 0. The normalized spacial score (nSPS) is 18.8. The molecule has 0 saturated carbocycles. The number of ketones is 1. The summed E-state index contributed by atoms with van der Waals surface area (Å²) in [6.45, 7) is 3.54. The third kappa shape index (κ3) is 3.61. The zero-order valence-electron chi connectivity index (χ0n) is 10.4. The zero-order valence-corrected chi connectivity index (χ0v) is 11.2. The number of carbonyl (C=O) groups is 2. The zero-order chi connectivity index (χ0) is 13.0. The highest BCUT2D eigenvalue weighted by Crippen LogP contribution is 2.18. The lowest BCUT2D eigenvalue weighted by Crippen LogP contribution is -2.15. The van der Waals surface area contributed by atoms with Crippen LogP contribution < -0.4 is 10.6 Å². The summed E-state index contributed by atoms with van der Waals surface area (Å²) in [6, 6.07) is 0. The maximum atomic E-state index is 11.7. The summed E-state index contributed by atoms with van der Waals surface area (Å²) < 4.78 is 0. The minimum Gasteiger partial charge on any atom is -0.316 e. The Bertz CT molecular complexity index is 438. The van der Waals surface area contributed by atoms with E-state index in [2.05, 4.69) is 15.6 Å². The Hall–Kier alpha value is -1.27. The Labute approximate surface area is 110 Å². The molecule has 5 nitrogen and oxygen atoms in total. The number of anilines is 1. The average molecular weight is 267 g/mol. The summed E-state index contributed by atoms with van der Waals surface area (Å²) in [5, 5.41) is 8.19. The number of Topliss-reactive ketones (excluding diaryl/α,β-unsaturated/α-hetero) is 1. The predicted molar refractivity (Wildman–Crippen MR) is 71.0 cm³/mol. The van der Waals surface area contributed by atoms with Gasteiger partial charge in [-0.25, -0.2) is 4.98 Å². The molecule has 0 radical (unpaired) electrons. The number of nitrogens with zero attached hydrogens (tertiary/aromatic N) is 1. The number of nitrogens with one attached hydrogen (secondary N) is 2. The van der Waals surface area contributed by atoms with E-state index in [-0.39, 0.29) is 11.7 Å². The van der Waals surface area contributed by atoms with Crippen LogP contribution in [0.25, 0.3) is 0 Å². The first-order valence-electron chi connectivity index (χ1n) is 6.12. The Kier molecular flexibility index (Phi) is 4.43. The van der Waals surface area contributed by atoms with Crippen molar-refractivity contribution in [2.24, 2.45) is 5.92 Å². The van der Waals surface area contributed by atoms with Crippen LogP contribution in [0.15, 0.2) is 5.38 Å². The summed E-state index contributed by atoms with van der Waals surface area (Å²) in [4.78, 5) is 26.8. The first-order valence-corrected chi connectivity index (χ1v) is 7.00. The number of thiazole rings is 1. The van der Waals surface area contributed by atoms with Crippen molar-refractivity contribution in [1.82, 2.24) is 10.3 Å². The molecule has 2 rings (SSSR count). The van der Waals surface area contributed by atoms with E-state index in [1.807, 2.05) is 0 Å². The van der Waals surface area contributed by atoms with Crippen LogP contribution in [0.4, 0.5) is 5.13 Å². The topological polar surface area (TPSA) is 71.1 Å². The van der Waals surface area contributed by atoms with E-state index in [9.17, 15) is 9.59 Å². The molecule has 1 saturated heterocycles. The fourth-order valence-corrected chi connectivity index (χ4v) is 2.74. The van der Waals surface area contributed by atoms with Crippen molar-refractivity contribution in [3.05, 3.63) is 11.1 Å². The first-order chi connectivity index (χ1) is 8.65. The molecule has 1 fully saturated rings. The summed E-state index contributed by atoms with van der Waals surface area (Å²) in [6.07, 6.45) is 2.57. The highest BCUT2D eigenvalue weighted by atomic mass is 32.1. The van der Waals surface area contributed by atoms with Crippen LogP contribution in [0.5, 0.6) is 0 Å². The SMILES string of the molecule is CC(=O)c1csc(NC(=O)CCC2CCNC2)n1. The van der Waals surface area contributed by atoms with Gasteiger partial charge in [0.25, 0.3) is 0 Å². The highest BCUT2D eigenvalue weighted by molar-refractivity contribution is 7.14. The van der Waals surface area contributed by atoms with Crippen LogP contribution in [0.1, 0.15) is 36.7 Å².